The quantitative estimate of drug-likeness (QED) is 0.597. The van der Waals surface area contributed by atoms with Crippen LogP contribution in [-0.4, -0.2) is 11.5 Å². The Morgan fingerprint density at radius 2 is 2.05 bits per heavy atom. The highest BCUT2D eigenvalue weighted by atomic mass is 79.9. The highest BCUT2D eigenvalue weighted by molar-refractivity contribution is 9.11. The lowest BCUT2D eigenvalue weighted by atomic mass is 10.0. The number of likely N-dealkylation sites (N-methyl/N-ethyl adjacent to an activating group) is 1. The van der Waals surface area contributed by atoms with E-state index in [0.717, 1.165) is 22.3 Å². The normalized spacial score (nSPS) is 12.3. The number of benzene rings is 1. The molecule has 0 spiro atoms. The van der Waals surface area contributed by atoms with Gasteiger partial charge >= 0.3 is 0 Å². The maximum absolute atomic E-state index is 10.7. The molecule has 0 fully saturated rings. The zero-order chi connectivity index (χ0) is 15.4. The Hall–Kier alpha value is -1.24. The van der Waals surface area contributed by atoms with E-state index in [1.807, 2.05) is 12.1 Å². The molecule has 4 nitrogen and oxygen atoms in total. The van der Waals surface area contributed by atoms with Gasteiger partial charge in [0.25, 0.3) is 5.69 Å². The summed E-state index contributed by atoms with van der Waals surface area (Å²) in [6.45, 7) is 5.05. The van der Waals surface area contributed by atoms with Gasteiger partial charge in [0, 0.05) is 23.1 Å². The first-order valence-corrected chi connectivity index (χ1v) is 8.34. The van der Waals surface area contributed by atoms with Gasteiger partial charge in [0.1, 0.15) is 0 Å². The Kier molecular flexibility index (Phi) is 5.50. The molecule has 112 valence electrons. The standard InChI is InChI=1S/C15H17BrN2O2S/c1-3-17-13(14-8-10(2)15(16)21-14)9-11-4-6-12(7-5-11)18(19)20/h4-8,13,17H,3,9H2,1-2H3. The molecule has 1 aromatic heterocycles. The van der Waals surface area contributed by atoms with Gasteiger partial charge in [-0.2, -0.15) is 0 Å². The Bertz CT molecular complexity index is 606. The van der Waals surface area contributed by atoms with Crippen LogP contribution in [0.3, 0.4) is 0 Å². The lowest BCUT2D eigenvalue weighted by molar-refractivity contribution is -0.384. The van der Waals surface area contributed by atoms with Crippen molar-refractivity contribution in [2.24, 2.45) is 0 Å². The number of rotatable bonds is 6. The monoisotopic (exact) mass is 368 g/mol. The first-order valence-electron chi connectivity index (χ1n) is 6.73. The van der Waals surface area contributed by atoms with Crippen molar-refractivity contribution in [2.45, 2.75) is 26.3 Å². The first kappa shape index (κ1) is 16.1. The van der Waals surface area contributed by atoms with Crippen molar-refractivity contribution in [3.63, 3.8) is 0 Å². The number of nitrogens with one attached hydrogen (secondary N) is 1. The molecule has 1 heterocycles. The molecule has 1 unspecified atom stereocenters. The Morgan fingerprint density at radius 3 is 2.52 bits per heavy atom. The van der Waals surface area contributed by atoms with Crippen LogP contribution in [0.5, 0.6) is 0 Å². The maximum Gasteiger partial charge on any atom is 0.269 e. The van der Waals surface area contributed by atoms with E-state index in [1.54, 1.807) is 23.5 Å². The number of hydrogen-bond donors (Lipinski definition) is 1. The molecule has 0 amide bonds. The number of nitrogens with zero attached hydrogens (tertiary/aromatic N) is 1. The second-order valence-corrected chi connectivity index (χ2v) is 7.25. The van der Waals surface area contributed by atoms with E-state index in [4.69, 9.17) is 0 Å². The summed E-state index contributed by atoms with van der Waals surface area (Å²) in [6.07, 6.45) is 0.818. The third kappa shape index (κ3) is 4.12. The van der Waals surface area contributed by atoms with Gasteiger partial charge < -0.3 is 5.32 Å². The molecule has 2 aromatic rings. The van der Waals surface area contributed by atoms with E-state index >= 15 is 0 Å². The van der Waals surface area contributed by atoms with E-state index in [-0.39, 0.29) is 16.7 Å². The van der Waals surface area contributed by atoms with Gasteiger partial charge in [0.15, 0.2) is 0 Å². The molecule has 0 aliphatic rings. The van der Waals surface area contributed by atoms with Gasteiger partial charge in [0.2, 0.25) is 0 Å². The maximum atomic E-state index is 10.7. The average Bonchev–Trinajstić information content (AvgIpc) is 2.79. The molecule has 1 atom stereocenters. The number of nitro benzene ring substituents is 1. The summed E-state index contributed by atoms with van der Waals surface area (Å²) in [7, 11) is 0. The predicted molar refractivity (Wildman–Crippen MR) is 90.0 cm³/mol. The number of non-ortho nitro benzene ring substituents is 1. The van der Waals surface area contributed by atoms with E-state index in [2.05, 4.69) is 41.2 Å². The van der Waals surface area contributed by atoms with Crippen LogP contribution in [0.25, 0.3) is 0 Å². The molecule has 0 saturated carbocycles. The molecule has 0 aliphatic carbocycles. The summed E-state index contributed by atoms with van der Waals surface area (Å²) in [6, 6.07) is 9.21. The minimum absolute atomic E-state index is 0.133. The fraction of sp³-hybridized carbons (Fsp3) is 0.333. The minimum atomic E-state index is -0.370. The van der Waals surface area contributed by atoms with Crippen molar-refractivity contribution in [3.8, 4) is 0 Å². The van der Waals surface area contributed by atoms with Crippen LogP contribution < -0.4 is 5.32 Å². The lowest BCUT2D eigenvalue weighted by Crippen LogP contribution is -2.22. The molecule has 1 aromatic carbocycles. The molecule has 2 rings (SSSR count). The van der Waals surface area contributed by atoms with Gasteiger partial charge in [-0.3, -0.25) is 10.1 Å². The molecule has 21 heavy (non-hydrogen) atoms. The van der Waals surface area contributed by atoms with Gasteiger partial charge in [0.05, 0.1) is 8.71 Å². The van der Waals surface area contributed by atoms with Crippen molar-refractivity contribution in [1.29, 1.82) is 0 Å². The molecular weight excluding hydrogens is 352 g/mol. The highest BCUT2D eigenvalue weighted by Crippen LogP contribution is 2.33. The van der Waals surface area contributed by atoms with Crippen LogP contribution in [0.1, 0.15) is 29.0 Å². The highest BCUT2D eigenvalue weighted by Gasteiger charge is 2.15. The fourth-order valence-electron chi connectivity index (χ4n) is 2.16. The van der Waals surface area contributed by atoms with E-state index in [9.17, 15) is 10.1 Å². The topological polar surface area (TPSA) is 55.2 Å². The van der Waals surface area contributed by atoms with Crippen molar-refractivity contribution < 1.29 is 4.92 Å². The van der Waals surface area contributed by atoms with E-state index in [1.165, 1.54) is 10.4 Å². The number of thiophene rings is 1. The zero-order valence-electron chi connectivity index (χ0n) is 11.9. The first-order chi connectivity index (χ1) is 10.0. The van der Waals surface area contributed by atoms with Gasteiger partial charge in [-0.25, -0.2) is 0 Å². The average molecular weight is 369 g/mol. The fourth-order valence-corrected chi connectivity index (χ4v) is 3.81. The van der Waals surface area contributed by atoms with Crippen molar-refractivity contribution >= 4 is 33.0 Å². The molecular formula is C15H17BrN2O2S. The SMILES string of the molecule is CCNC(Cc1ccc([N+](=O)[O-])cc1)c1cc(C)c(Br)s1. The summed E-state index contributed by atoms with van der Waals surface area (Å²) in [5.41, 5.74) is 2.46. The van der Waals surface area contributed by atoms with E-state index < -0.39 is 0 Å². The Labute approximate surface area is 136 Å². The van der Waals surface area contributed by atoms with Crippen LogP contribution in [0, 0.1) is 17.0 Å². The van der Waals surface area contributed by atoms with Gasteiger partial charge in [-0.15, -0.1) is 11.3 Å². The number of hydrogen-bond acceptors (Lipinski definition) is 4. The van der Waals surface area contributed by atoms with Crippen molar-refractivity contribution in [2.75, 3.05) is 6.54 Å². The van der Waals surface area contributed by atoms with Gasteiger partial charge in [-0.05, 0) is 53.0 Å². The molecule has 0 radical (unpaired) electrons. The Balaban J connectivity index is 2.17. The predicted octanol–water partition coefficient (Wildman–Crippen LogP) is 4.62. The molecule has 0 saturated heterocycles. The van der Waals surface area contributed by atoms with Crippen LogP contribution in [0.4, 0.5) is 5.69 Å². The number of halogens is 1. The van der Waals surface area contributed by atoms with Crippen LogP contribution in [-0.2, 0) is 6.42 Å². The number of aryl methyl sites for hydroxylation is 1. The second-order valence-electron chi connectivity index (χ2n) is 4.84. The van der Waals surface area contributed by atoms with Crippen molar-refractivity contribution in [1.82, 2.24) is 5.32 Å². The van der Waals surface area contributed by atoms with Gasteiger partial charge in [-0.1, -0.05) is 19.1 Å². The van der Waals surface area contributed by atoms with Crippen LogP contribution in [0.15, 0.2) is 34.1 Å². The lowest BCUT2D eigenvalue weighted by Gasteiger charge is -2.16. The number of nitro groups is 1. The summed E-state index contributed by atoms with van der Waals surface area (Å²) in [5, 5.41) is 14.2. The summed E-state index contributed by atoms with van der Waals surface area (Å²) in [5.74, 6) is 0. The van der Waals surface area contributed by atoms with E-state index in [0.29, 0.717) is 0 Å². The summed E-state index contributed by atoms with van der Waals surface area (Å²) >= 11 is 5.30. The van der Waals surface area contributed by atoms with Crippen molar-refractivity contribution in [3.05, 3.63) is 60.2 Å². The zero-order valence-corrected chi connectivity index (χ0v) is 14.3. The third-order valence-corrected chi connectivity index (χ3v) is 5.51. The van der Waals surface area contributed by atoms with Crippen LogP contribution >= 0.6 is 27.3 Å². The second kappa shape index (κ2) is 7.15. The largest absolute Gasteiger partial charge is 0.309 e. The Morgan fingerprint density at radius 1 is 1.38 bits per heavy atom. The molecule has 1 N–H and O–H groups in total. The minimum Gasteiger partial charge on any atom is -0.309 e. The van der Waals surface area contributed by atoms with Crippen LogP contribution in [0.2, 0.25) is 0 Å². The summed E-state index contributed by atoms with van der Waals surface area (Å²) in [4.78, 5) is 11.6. The third-order valence-electron chi connectivity index (χ3n) is 3.26. The molecule has 0 bridgehead atoms. The summed E-state index contributed by atoms with van der Waals surface area (Å²) < 4.78 is 1.16. The smallest absolute Gasteiger partial charge is 0.269 e. The molecule has 6 heteroatoms. The molecule has 0 aliphatic heterocycles.